The Kier molecular flexibility index (Phi) is 6.07. The van der Waals surface area contributed by atoms with Crippen LogP contribution in [0.4, 0.5) is 0 Å². The van der Waals surface area contributed by atoms with Crippen LogP contribution in [0.1, 0.15) is 25.5 Å². The first kappa shape index (κ1) is 14.4. The molecule has 6 heteroatoms. The van der Waals surface area contributed by atoms with Crippen molar-refractivity contribution in [1.29, 1.82) is 0 Å². The second kappa shape index (κ2) is 7.60. The third-order valence-electron chi connectivity index (χ3n) is 2.53. The zero-order valence-electron chi connectivity index (χ0n) is 10.8. The molecule has 0 fully saturated rings. The third-order valence-corrected chi connectivity index (χ3v) is 2.53. The predicted octanol–water partition coefficient (Wildman–Crippen LogP) is 0.0256. The van der Waals surface area contributed by atoms with E-state index in [2.05, 4.69) is 20.6 Å². The summed E-state index contributed by atoms with van der Waals surface area (Å²) in [6.45, 7) is 2.17. The van der Waals surface area contributed by atoms with Crippen LogP contribution in [0, 0.1) is 0 Å². The number of H-pyrrole nitrogens is 1. The molecule has 1 rings (SSSR count). The minimum Gasteiger partial charge on any atom is -0.348 e. The molecule has 0 aromatic carbocycles. The van der Waals surface area contributed by atoms with Crippen molar-refractivity contribution < 1.29 is 9.59 Å². The van der Waals surface area contributed by atoms with Crippen molar-refractivity contribution in [3.63, 3.8) is 0 Å². The van der Waals surface area contributed by atoms with Crippen molar-refractivity contribution in [2.75, 3.05) is 13.6 Å². The molecule has 18 heavy (non-hydrogen) atoms. The fourth-order valence-electron chi connectivity index (χ4n) is 1.65. The topological polar surface area (TPSA) is 86.9 Å². The molecule has 1 atom stereocenters. The van der Waals surface area contributed by atoms with Gasteiger partial charge >= 0.3 is 0 Å². The number of carbonyl (C=O) groups excluding carboxylic acids is 2. The molecular weight excluding hydrogens is 232 g/mol. The average Bonchev–Trinajstić information content (AvgIpc) is 2.81. The number of nitrogens with one attached hydrogen (secondary N) is 3. The monoisotopic (exact) mass is 252 g/mol. The van der Waals surface area contributed by atoms with Gasteiger partial charge in [-0.25, -0.2) is 4.98 Å². The number of aromatic nitrogens is 2. The maximum Gasteiger partial charge on any atom is 0.220 e. The third kappa shape index (κ3) is 4.67. The minimum absolute atomic E-state index is 0.0310. The zero-order chi connectivity index (χ0) is 13.4. The van der Waals surface area contributed by atoms with E-state index in [9.17, 15) is 9.59 Å². The Labute approximate surface area is 107 Å². The number of likely N-dealkylation sites (N-methyl/N-ethyl adjacent to an activating group) is 1. The average molecular weight is 252 g/mol. The lowest BCUT2D eigenvalue weighted by atomic mass is 10.1. The van der Waals surface area contributed by atoms with Crippen LogP contribution < -0.4 is 10.6 Å². The lowest BCUT2D eigenvalue weighted by Crippen LogP contribution is -2.45. The largest absolute Gasteiger partial charge is 0.348 e. The van der Waals surface area contributed by atoms with Crippen LogP contribution >= 0.6 is 0 Å². The van der Waals surface area contributed by atoms with E-state index in [1.54, 1.807) is 19.6 Å². The Morgan fingerprint density at radius 2 is 2.28 bits per heavy atom. The van der Waals surface area contributed by atoms with Crippen LogP contribution in [-0.4, -0.2) is 41.3 Å². The quantitative estimate of drug-likeness (QED) is 0.609. The number of nitrogens with zero attached hydrogens (tertiary/aromatic N) is 1. The number of amides is 1. The predicted molar refractivity (Wildman–Crippen MR) is 68.1 cm³/mol. The first-order chi connectivity index (χ1) is 8.67. The molecule has 0 aliphatic rings. The molecule has 0 aliphatic carbocycles. The van der Waals surface area contributed by atoms with E-state index in [-0.39, 0.29) is 18.2 Å². The summed E-state index contributed by atoms with van der Waals surface area (Å²) in [5, 5.41) is 5.57. The standard InChI is InChI=1S/C12H20N4O2/c1-3-4-12(18)16-10(11(17)7-13-2)5-9-6-14-8-15-9/h6,8,10,13H,3-5,7H2,1-2H3,(H,14,15)(H,16,18). The lowest BCUT2D eigenvalue weighted by molar-refractivity contribution is -0.127. The smallest absolute Gasteiger partial charge is 0.220 e. The summed E-state index contributed by atoms with van der Waals surface area (Å²) in [6, 6.07) is -0.503. The summed E-state index contributed by atoms with van der Waals surface area (Å²) in [5.41, 5.74) is 0.834. The number of Topliss-reactive ketones (excluding diaryl/α,β-unsaturated/α-hetero) is 1. The van der Waals surface area contributed by atoms with Crippen LogP contribution in [0.15, 0.2) is 12.5 Å². The Morgan fingerprint density at radius 1 is 1.50 bits per heavy atom. The van der Waals surface area contributed by atoms with E-state index in [4.69, 9.17) is 0 Å². The van der Waals surface area contributed by atoms with E-state index < -0.39 is 6.04 Å². The molecule has 0 saturated carbocycles. The molecule has 1 aromatic rings. The van der Waals surface area contributed by atoms with Crippen molar-refractivity contribution in [2.45, 2.75) is 32.2 Å². The van der Waals surface area contributed by atoms with Gasteiger partial charge in [0.25, 0.3) is 0 Å². The molecule has 3 N–H and O–H groups in total. The summed E-state index contributed by atoms with van der Waals surface area (Å²) < 4.78 is 0. The Bertz CT molecular complexity index is 375. The molecule has 1 amide bonds. The number of hydrogen-bond donors (Lipinski definition) is 3. The van der Waals surface area contributed by atoms with Crippen molar-refractivity contribution in [1.82, 2.24) is 20.6 Å². The fourth-order valence-corrected chi connectivity index (χ4v) is 1.65. The summed E-state index contributed by atoms with van der Waals surface area (Å²) in [4.78, 5) is 30.3. The SMILES string of the molecule is CCCC(=O)NC(Cc1cnc[nH]1)C(=O)CNC. The molecule has 1 aromatic heterocycles. The van der Waals surface area contributed by atoms with Gasteiger partial charge in [0.1, 0.15) is 0 Å². The van der Waals surface area contributed by atoms with Gasteiger partial charge in [-0.2, -0.15) is 0 Å². The van der Waals surface area contributed by atoms with Crippen LogP contribution in [0.5, 0.6) is 0 Å². The van der Waals surface area contributed by atoms with Gasteiger partial charge in [0.2, 0.25) is 5.91 Å². The zero-order valence-corrected chi connectivity index (χ0v) is 10.8. The molecule has 0 radical (unpaired) electrons. The van der Waals surface area contributed by atoms with Gasteiger partial charge in [-0.3, -0.25) is 9.59 Å². The second-order valence-corrected chi connectivity index (χ2v) is 4.15. The molecule has 0 aliphatic heterocycles. The van der Waals surface area contributed by atoms with Crippen molar-refractivity contribution in [2.24, 2.45) is 0 Å². The van der Waals surface area contributed by atoms with Crippen LogP contribution in [0.3, 0.4) is 0 Å². The van der Waals surface area contributed by atoms with E-state index in [0.717, 1.165) is 12.1 Å². The molecule has 6 nitrogen and oxygen atoms in total. The van der Waals surface area contributed by atoms with Crippen molar-refractivity contribution in [3.8, 4) is 0 Å². The fraction of sp³-hybridized carbons (Fsp3) is 0.583. The van der Waals surface area contributed by atoms with E-state index in [0.29, 0.717) is 12.8 Å². The lowest BCUT2D eigenvalue weighted by Gasteiger charge is -2.16. The minimum atomic E-state index is -0.503. The number of hydrogen-bond acceptors (Lipinski definition) is 4. The van der Waals surface area contributed by atoms with Crippen LogP contribution in [0.2, 0.25) is 0 Å². The molecule has 100 valence electrons. The number of rotatable bonds is 8. The molecule has 0 bridgehead atoms. The van der Waals surface area contributed by atoms with E-state index in [1.165, 1.54) is 0 Å². The van der Waals surface area contributed by atoms with Crippen LogP contribution in [-0.2, 0) is 16.0 Å². The van der Waals surface area contributed by atoms with Gasteiger partial charge < -0.3 is 15.6 Å². The molecule has 1 unspecified atom stereocenters. The van der Waals surface area contributed by atoms with Gasteiger partial charge in [0, 0.05) is 24.7 Å². The normalized spacial score (nSPS) is 12.1. The number of imidazole rings is 1. The highest BCUT2D eigenvalue weighted by Gasteiger charge is 2.20. The second-order valence-electron chi connectivity index (χ2n) is 4.15. The molecule has 0 saturated heterocycles. The summed E-state index contributed by atoms with van der Waals surface area (Å²) in [7, 11) is 1.71. The molecular formula is C12H20N4O2. The Morgan fingerprint density at radius 3 is 2.83 bits per heavy atom. The van der Waals surface area contributed by atoms with Gasteiger partial charge in [-0.05, 0) is 13.5 Å². The number of ketones is 1. The van der Waals surface area contributed by atoms with Gasteiger partial charge in [0.15, 0.2) is 5.78 Å². The van der Waals surface area contributed by atoms with Crippen molar-refractivity contribution in [3.05, 3.63) is 18.2 Å². The Balaban J connectivity index is 2.62. The summed E-state index contributed by atoms with van der Waals surface area (Å²) in [5.74, 6) is -0.122. The summed E-state index contributed by atoms with van der Waals surface area (Å²) >= 11 is 0. The van der Waals surface area contributed by atoms with E-state index >= 15 is 0 Å². The van der Waals surface area contributed by atoms with E-state index in [1.807, 2.05) is 6.92 Å². The van der Waals surface area contributed by atoms with Gasteiger partial charge in [0.05, 0.1) is 18.9 Å². The Hall–Kier alpha value is -1.69. The molecule has 1 heterocycles. The van der Waals surface area contributed by atoms with Gasteiger partial charge in [-0.1, -0.05) is 6.92 Å². The van der Waals surface area contributed by atoms with Gasteiger partial charge in [-0.15, -0.1) is 0 Å². The number of carbonyl (C=O) groups is 2. The first-order valence-electron chi connectivity index (χ1n) is 6.11. The maximum atomic E-state index is 11.9. The highest BCUT2D eigenvalue weighted by atomic mass is 16.2. The summed E-state index contributed by atoms with van der Waals surface area (Å²) in [6.07, 6.45) is 4.86. The number of aromatic amines is 1. The maximum absolute atomic E-state index is 11.9. The van der Waals surface area contributed by atoms with Crippen molar-refractivity contribution >= 4 is 11.7 Å². The highest BCUT2D eigenvalue weighted by molar-refractivity contribution is 5.90. The molecule has 0 spiro atoms. The highest BCUT2D eigenvalue weighted by Crippen LogP contribution is 2.01. The first-order valence-corrected chi connectivity index (χ1v) is 6.11. The van der Waals surface area contributed by atoms with Crippen LogP contribution in [0.25, 0.3) is 0 Å².